The van der Waals surface area contributed by atoms with E-state index >= 15 is 17.6 Å². The summed E-state index contributed by atoms with van der Waals surface area (Å²) in [5.41, 5.74) is 0.269. The SMILES string of the molecule is O=C1CCCC(c2ccccc2)(c2ccccc2)N1c1ccc(F)[c]([Ti]([C]2=CC=CC2)([C]2=CC=CC2)[c]2c(F)ccc(N3C(=O)CCCC3(c3ccccc3)c3ccccc3)c2F)c1F. The Balaban J connectivity index is 1.27. The Labute approximate surface area is 380 Å². The van der Waals surface area contributed by atoms with E-state index in [1.54, 1.807) is 24.3 Å². The van der Waals surface area contributed by atoms with Gasteiger partial charge >= 0.3 is 382 Å². The quantitative estimate of drug-likeness (QED) is 0.102. The van der Waals surface area contributed by atoms with Gasteiger partial charge in [-0.25, -0.2) is 0 Å². The molecule has 0 bridgehead atoms. The van der Waals surface area contributed by atoms with Crippen LogP contribution in [0.5, 0.6) is 0 Å². The van der Waals surface area contributed by atoms with Crippen molar-refractivity contribution < 1.29 is 43.7 Å². The van der Waals surface area contributed by atoms with Crippen molar-refractivity contribution in [2.45, 2.75) is 62.4 Å². The molecule has 0 unspecified atom stereocenters. The van der Waals surface area contributed by atoms with Gasteiger partial charge in [-0.15, -0.1) is 0 Å². The van der Waals surface area contributed by atoms with Crippen LogP contribution in [0.3, 0.4) is 0 Å². The number of amides is 2. The van der Waals surface area contributed by atoms with Crippen molar-refractivity contribution >= 4 is 30.9 Å². The van der Waals surface area contributed by atoms with Crippen LogP contribution in [0, 0.1) is 23.3 Å². The number of rotatable bonds is 10. The molecule has 2 amide bonds. The van der Waals surface area contributed by atoms with Crippen molar-refractivity contribution in [2.75, 3.05) is 9.80 Å². The van der Waals surface area contributed by atoms with Gasteiger partial charge in [0.2, 0.25) is 0 Å². The Morgan fingerprint density at radius 1 is 0.446 bits per heavy atom. The molecule has 0 atom stereocenters. The van der Waals surface area contributed by atoms with E-state index in [1.165, 1.54) is 21.9 Å². The van der Waals surface area contributed by atoms with Crippen LogP contribution in [0.25, 0.3) is 0 Å². The molecule has 9 heteroatoms. The molecular weight excluding hydrogens is 856 g/mol. The van der Waals surface area contributed by atoms with Crippen molar-refractivity contribution in [3.05, 3.63) is 235 Å². The number of benzene rings is 6. The van der Waals surface area contributed by atoms with Crippen LogP contribution in [-0.4, -0.2) is 11.8 Å². The fourth-order valence-corrected chi connectivity index (χ4v) is 19.6. The normalized spacial score (nSPS) is 18.0. The van der Waals surface area contributed by atoms with Crippen molar-refractivity contribution in [3.8, 4) is 0 Å². The molecular formula is C56H46F4N2O2Ti. The van der Waals surface area contributed by atoms with Crippen molar-refractivity contribution in [1.29, 1.82) is 0 Å². The van der Waals surface area contributed by atoms with Crippen LogP contribution in [-0.2, 0) is 37.3 Å². The Morgan fingerprint density at radius 3 is 1.09 bits per heavy atom. The number of allylic oxidation sites excluding steroid dienone is 8. The number of hydrogen-bond acceptors (Lipinski definition) is 2. The summed E-state index contributed by atoms with van der Waals surface area (Å²) in [5, 5.41) is 0. The number of hydrogen-bond donors (Lipinski definition) is 0. The van der Waals surface area contributed by atoms with E-state index in [0.29, 0.717) is 33.4 Å². The van der Waals surface area contributed by atoms with Gasteiger partial charge in [-0.05, 0) is 0 Å². The number of anilines is 2. The number of halogens is 4. The monoisotopic (exact) mass is 902 g/mol. The van der Waals surface area contributed by atoms with Crippen molar-refractivity contribution in [3.63, 3.8) is 0 Å². The number of carbonyl (C=O) groups excluding carboxylic acids is 2. The molecule has 0 spiro atoms. The molecule has 10 rings (SSSR count). The van der Waals surface area contributed by atoms with E-state index in [4.69, 9.17) is 0 Å². The molecule has 2 fully saturated rings. The molecule has 0 N–H and O–H groups in total. The number of piperidine rings is 2. The average Bonchev–Trinajstić information content (AvgIpc) is 4.10. The van der Waals surface area contributed by atoms with E-state index in [0.717, 1.165) is 34.4 Å². The summed E-state index contributed by atoms with van der Waals surface area (Å²) in [6.45, 7) is 0. The molecule has 4 nitrogen and oxygen atoms in total. The third kappa shape index (κ3) is 6.67. The second kappa shape index (κ2) is 17.2. The Morgan fingerprint density at radius 2 is 0.785 bits per heavy atom. The Hall–Kier alpha value is -6.35. The predicted molar refractivity (Wildman–Crippen MR) is 246 cm³/mol. The summed E-state index contributed by atoms with van der Waals surface area (Å²) in [4.78, 5) is 32.3. The van der Waals surface area contributed by atoms with Crippen LogP contribution in [0.1, 0.15) is 73.6 Å². The molecule has 65 heavy (non-hydrogen) atoms. The van der Waals surface area contributed by atoms with E-state index in [-0.39, 0.29) is 48.9 Å². The summed E-state index contributed by atoms with van der Waals surface area (Å²) in [5.74, 6) is -4.69. The molecule has 324 valence electrons. The molecule has 0 radical (unpaired) electrons. The summed E-state index contributed by atoms with van der Waals surface area (Å²) >= 11 is -5.54. The first-order chi connectivity index (χ1) is 31.7. The molecule has 6 aromatic carbocycles. The first-order valence-corrected chi connectivity index (χ1v) is 25.4. The first kappa shape index (κ1) is 42.6. The predicted octanol–water partition coefficient (Wildman–Crippen LogP) is 12.0. The van der Waals surface area contributed by atoms with Gasteiger partial charge in [0.25, 0.3) is 0 Å². The van der Waals surface area contributed by atoms with Crippen LogP contribution >= 0.6 is 0 Å². The zero-order chi connectivity index (χ0) is 44.8. The average molecular weight is 903 g/mol. The van der Waals surface area contributed by atoms with E-state index in [2.05, 4.69) is 0 Å². The zero-order valence-corrected chi connectivity index (χ0v) is 37.3. The Bertz CT molecular complexity index is 2650. The fourth-order valence-electron chi connectivity index (χ4n) is 11.4. The van der Waals surface area contributed by atoms with Gasteiger partial charge < -0.3 is 0 Å². The summed E-state index contributed by atoms with van der Waals surface area (Å²) < 4.78 is 73.4. The van der Waals surface area contributed by atoms with Gasteiger partial charge in [-0.3, -0.25) is 0 Å². The van der Waals surface area contributed by atoms with Crippen LogP contribution in [0.15, 0.2) is 190 Å². The van der Waals surface area contributed by atoms with Gasteiger partial charge in [0, 0.05) is 0 Å². The topological polar surface area (TPSA) is 40.6 Å². The van der Waals surface area contributed by atoms with Crippen molar-refractivity contribution in [1.82, 2.24) is 0 Å². The van der Waals surface area contributed by atoms with Gasteiger partial charge in [-0.2, -0.15) is 0 Å². The first-order valence-electron chi connectivity index (χ1n) is 22.3. The molecule has 4 aliphatic rings. The van der Waals surface area contributed by atoms with Gasteiger partial charge in [0.05, 0.1) is 0 Å². The summed E-state index contributed by atoms with van der Waals surface area (Å²) in [7, 11) is 0. The molecule has 6 aromatic rings. The van der Waals surface area contributed by atoms with Gasteiger partial charge in [-0.1, -0.05) is 0 Å². The zero-order valence-electron chi connectivity index (χ0n) is 35.7. The second-order valence-corrected chi connectivity index (χ2v) is 23.2. The molecule has 0 saturated carbocycles. The summed E-state index contributed by atoms with van der Waals surface area (Å²) in [6.07, 6.45) is 13.3. The van der Waals surface area contributed by atoms with E-state index < -0.39 is 58.7 Å². The Kier molecular flexibility index (Phi) is 11.3. The van der Waals surface area contributed by atoms with Crippen LogP contribution in [0.2, 0.25) is 0 Å². The molecule has 2 aliphatic heterocycles. The van der Waals surface area contributed by atoms with Crippen LogP contribution < -0.4 is 17.5 Å². The third-order valence-corrected chi connectivity index (χ3v) is 21.9. The third-order valence-electron chi connectivity index (χ3n) is 14.0. The fraction of sp³-hybridized carbons (Fsp3) is 0.179. The maximum atomic E-state index is 18.9. The van der Waals surface area contributed by atoms with Crippen molar-refractivity contribution in [2.24, 2.45) is 0 Å². The minimum absolute atomic E-state index is 0.115. The van der Waals surface area contributed by atoms with E-state index in [1.807, 2.05) is 133 Å². The van der Waals surface area contributed by atoms with Crippen LogP contribution in [0.4, 0.5) is 28.9 Å². The second-order valence-electron chi connectivity index (χ2n) is 17.3. The molecule has 0 aromatic heterocycles. The summed E-state index contributed by atoms with van der Waals surface area (Å²) in [6, 6.07) is 42.7. The minimum atomic E-state index is -5.54. The van der Waals surface area contributed by atoms with E-state index in [9.17, 15) is 9.59 Å². The molecule has 2 aliphatic carbocycles. The molecule has 2 heterocycles. The number of carbonyl (C=O) groups is 2. The number of nitrogens with zero attached hydrogens (tertiary/aromatic N) is 2. The maximum absolute atomic E-state index is 18.9. The van der Waals surface area contributed by atoms with Gasteiger partial charge in [0.15, 0.2) is 0 Å². The van der Waals surface area contributed by atoms with Gasteiger partial charge in [0.1, 0.15) is 0 Å². The molecule has 2 saturated heterocycles. The standard InChI is InChI=1S/2C23H18F2NO.2C5H5.Ti/c2*24-19-13-14-21(20(25)16-19)26-22(27)12-7-15-23(26,17-8-3-1-4-9-17)18-10-5-2-6-11-18;2*1-2-4-5-3-1;/h2*1-6,8-11,13-14H,7,12,15H2;2*1-3H,4H2;.